The summed E-state index contributed by atoms with van der Waals surface area (Å²) in [4.78, 5) is 21.4. The highest BCUT2D eigenvalue weighted by Crippen LogP contribution is 2.27. The first kappa shape index (κ1) is 12.5. The summed E-state index contributed by atoms with van der Waals surface area (Å²) in [6, 6.07) is 4.48. The van der Waals surface area contributed by atoms with Crippen LogP contribution in [0.3, 0.4) is 0 Å². The Labute approximate surface area is 108 Å². The fourth-order valence-electron chi connectivity index (χ4n) is 1.81. The lowest BCUT2D eigenvalue weighted by Crippen LogP contribution is -2.31. The van der Waals surface area contributed by atoms with Gasteiger partial charge in [0.15, 0.2) is 0 Å². The van der Waals surface area contributed by atoms with E-state index in [0.717, 1.165) is 0 Å². The Kier molecular flexibility index (Phi) is 3.29. The van der Waals surface area contributed by atoms with E-state index >= 15 is 0 Å². The maximum absolute atomic E-state index is 11.1. The quantitative estimate of drug-likeness (QED) is 0.658. The lowest BCUT2D eigenvalue weighted by atomic mass is 9.94. The average molecular weight is 268 g/mol. The van der Waals surface area contributed by atoms with E-state index < -0.39 is 4.92 Å². The molecule has 0 bridgehead atoms. The molecule has 7 heteroatoms. The lowest BCUT2D eigenvalue weighted by molar-refractivity contribution is -0.384. The summed E-state index contributed by atoms with van der Waals surface area (Å²) < 4.78 is 0. The van der Waals surface area contributed by atoms with Gasteiger partial charge in [0.1, 0.15) is 5.02 Å². The van der Waals surface area contributed by atoms with E-state index in [1.165, 1.54) is 12.1 Å². The van der Waals surface area contributed by atoms with Crippen molar-refractivity contribution in [2.45, 2.75) is 13.3 Å². The molecule has 0 saturated carbocycles. The number of carbonyl (C=O) groups excluding carboxylic acids is 1. The van der Waals surface area contributed by atoms with Crippen LogP contribution in [-0.4, -0.2) is 16.5 Å². The molecule has 18 heavy (non-hydrogen) atoms. The summed E-state index contributed by atoms with van der Waals surface area (Å²) in [5.41, 5.74) is 3.42. The van der Waals surface area contributed by atoms with Gasteiger partial charge in [0, 0.05) is 24.0 Å². The summed E-state index contributed by atoms with van der Waals surface area (Å²) >= 11 is 5.74. The predicted molar refractivity (Wildman–Crippen MR) is 66.6 cm³/mol. The van der Waals surface area contributed by atoms with Crippen LogP contribution in [-0.2, 0) is 4.79 Å². The number of hydrogen-bond acceptors (Lipinski definition) is 4. The molecule has 0 unspecified atom stereocenters. The molecule has 1 N–H and O–H groups in total. The monoisotopic (exact) mass is 267 g/mol. The molecule has 1 amide bonds. The van der Waals surface area contributed by atoms with Crippen molar-refractivity contribution in [2.75, 3.05) is 0 Å². The van der Waals surface area contributed by atoms with E-state index in [1.54, 1.807) is 6.07 Å². The zero-order chi connectivity index (χ0) is 13.3. The zero-order valence-electron chi connectivity index (χ0n) is 9.51. The predicted octanol–water partition coefficient (Wildman–Crippen LogP) is 2.11. The van der Waals surface area contributed by atoms with Gasteiger partial charge in [-0.25, -0.2) is 5.43 Å². The number of halogens is 1. The summed E-state index contributed by atoms with van der Waals surface area (Å²) in [7, 11) is 0. The Hall–Kier alpha value is -1.95. The maximum Gasteiger partial charge on any atom is 0.288 e. The van der Waals surface area contributed by atoms with Gasteiger partial charge in [-0.2, -0.15) is 5.10 Å². The fraction of sp³-hybridized carbons (Fsp3) is 0.273. The topological polar surface area (TPSA) is 84.6 Å². The van der Waals surface area contributed by atoms with Crippen LogP contribution in [0.5, 0.6) is 0 Å². The number of hydrogen-bond donors (Lipinski definition) is 1. The number of carbonyl (C=O) groups is 1. The Morgan fingerprint density at radius 3 is 2.89 bits per heavy atom. The molecule has 1 atom stereocenters. The van der Waals surface area contributed by atoms with Crippen LogP contribution in [0, 0.1) is 16.0 Å². The standard InChI is InChI=1S/C11H10ClN3O3/c1-6-4-10(16)13-14-11(6)7-2-3-8(12)9(5-7)15(17)18/h2-3,5-6H,4H2,1H3,(H,13,16)/t6-/m1/s1. The average Bonchev–Trinajstić information content (AvgIpc) is 2.30. The van der Waals surface area contributed by atoms with Crippen LogP contribution in [0.2, 0.25) is 5.02 Å². The second-order valence-electron chi connectivity index (χ2n) is 4.06. The van der Waals surface area contributed by atoms with Crippen molar-refractivity contribution in [3.8, 4) is 0 Å². The fourth-order valence-corrected chi connectivity index (χ4v) is 2.00. The molecule has 1 heterocycles. The molecule has 0 aliphatic carbocycles. The first-order valence-electron chi connectivity index (χ1n) is 5.29. The molecular weight excluding hydrogens is 258 g/mol. The second-order valence-corrected chi connectivity index (χ2v) is 4.47. The number of nitro groups is 1. The van der Waals surface area contributed by atoms with E-state index in [-0.39, 0.29) is 22.5 Å². The van der Waals surface area contributed by atoms with E-state index in [0.29, 0.717) is 17.7 Å². The van der Waals surface area contributed by atoms with Crippen molar-refractivity contribution in [1.82, 2.24) is 5.43 Å². The van der Waals surface area contributed by atoms with Gasteiger partial charge in [0.05, 0.1) is 10.6 Å². The molecular formula is C11H10ClN3O3. The van der Waals surface area contributed by atoms with Crippen LogP contribution in [0.25, 0.3) is 0 Å². The third kappa shape index (κ3) is 2.33. The van der Waals surface area contributed by atoms with Gasteiger partial charge in [-0.3, -0.25) is 14.9 Å². The minimum Gasteiger partial charge on any atom is -0.273 e. The minimum atomic E-state index is -0.543. The van der Waals surface area contributed by atoms with Gasteiger partial charge in [0.2, 0.25) is 5.91 Å². The normalized spacial score (nSPS) is 19.1. The van der Waals surface area contributed by atoms with Crippen molar-refractivity contribution in [1.29, 1.82) is 0 Å². The zero-order valence-corrected chi connectivity index (χ0v) is 10.3. The smallest absolute Gasteiger partial charge is 0.273 e. The molecule has 0 radical (unpaired) electrons. The lowest BCUT2D eigenvalue weighted by Gasteiger charge is -2.18. The molecule has 1 aliphatic heterocycles. The molecule has 6 nitrogen and oxygen atoms in total. The number of nitrogens with one attached hydrogen (secondary N) is 1. The van der Waals surface area contributed by atoms with Crippen molar-refractivity contribution in [2.24, 2.45) is 11.0 Å². The van der Waals surface area contributed by atoms with E-state index in [4.69, 9.17) is 11.6 Å². The summed E-state index contributed by atoms with van der Waals surface area (Å²) in [5, 5.41) is 14.8. The maximum atomic E-state index is 11.1. The van der Waals surface area contributed by atoms with Gasteiger partial charge in [-0.15, -0.1) is 0 Å². The summed E-state index contributed by atoms with van der Waals surface area (Å²) in [5.74, 6) is -0.241. The second kappa shape index (κ2) is 4.73. The van der Waals surface area contributed by atoms with Crippen molar-refractivity contribution in [3.05, 3.63) is 38.9 Å². The SMILES string of the molecule is C[C@@H]1CC(=O)NN=C1c1ccc(Cl)c([N+](=O)[O-])c1. The molecule has 0 spiro atoms. The van der Waals surface area contributed by atoms with Gasteiger partial charge in [-0.1, -0.05) is 24.6 Å². The minimum absolute atomic E-state index is 0.0804. The Balaban J connectivity index is 2.43. The molecule has 0 aromatic heterocycles. The third-order valence-electron chi connectivity index (χ3n) is 2.70. The molecule has 1 aromatic rings. The van der Waals surface area contributed by atoms with Crippen molar-refractivity contribution >= 4 is 28.9 Å². The van der Waals surface area contributed by atoms with E-state index in [9.17, 15) is 14.9 Å². The van der Waals surface area contributed by atoms with Crippen LogP contribution in [0.15, 0.2) is 23.3 Å². The van der Waals surface area contributed by atoms with E-state index in [1.807, 2.05) is 6.92 Å². The number of rotatable bonds is 2. The largest absolute Gasteiger partial charge is 0.288 e. The highest BCUT2D eigenvalue weighted by Gasteiger charge is 2.23. The van der Waals surface area contributed by atoms with Gasteiger partial charge in [-0.05, 0) is 6.07 Å². The van der Waals surface area contributed by atoms with Crippen molar-refractivity contribution < 1.29 is 9.72 Å². The molecule has 1 aliphatic rings. The van der Waals surface area contributed by atoms with Gasteiger partial charge >= 0.3 is 0 Å². The van der Waals surface area contributed by atoms with Crippen LogP contribution >= 0.6 is 11.6 Å². The summed E-state index contributed by atoms with van der Waals surface area (Å²) in [6.45, 7) is 1.85. The van der Waals surface area contributed by atoms with Crippen LogP contribution in [0.1, 0.15) is 18.9 Å². The molecule has 0 fully saturated rings. The number of hydrazone groups is 1. The molecule has 1 aromatic carbocycles. The van der Waals surface area contributed by atoms with E-state index in [2.05, 4.69) is 10.5 Å². The van der Waals surface area contributed by atoms with Crippen LogP contribution in [0.4, 0.5) is 5.69 Å². The Morgan fingerprint density at radius 1 is 1.56 bits per heavy atom. The third-order valence-corrected chi connectivity index (χ3v) is 3.02. The molecule has 94 valence electrons. The number of benzene rings is 1. The summed E-state index contributed by atoms with van der Waals surface area (Å²) in [6.07, 6.45) is 0.315. The number of nitro benzene ring substituents is 1. The van der Waals surface area contributed by atoms with Gasteiger partial charge in [0.25, 0.3) is 5.69 Å². The highest BCUT2D eigenvalue weighted by atomic mass is 35.5. The highest BCUT2D eigenvalue weighted by molar-refractivity contribution is 6.32. The van der Waals surface area contributed by atoms with Crippen LogP contribution < -0.4 is 5.43 Å². The Bertz CT molecular complexity index is 556. The number of nitrogens with zero attached hydrogens (tertiary/aromatic N) is 2. The van der Waals surface area contributed by atoms with Crippen molar-refractivity contribution in [3.63, 3.8) is 0 Å². The first-order valence-corrected chi connectivity index (χ1v) is 5.67. The number of amides is 1. The molecule has 0 saturated heterocycles. The Morgan fingerprint density at radius 2 is 2.28 bits per heavy atom. The molecule has 2 rings (SSSR count). The van der Waals surface area contributed by atoms with Gasteiger partial charge < -0.3 is 0 Å². The first-order chi connectivity index (χ1) is 8.49.